The molecule has 2 aliphatic carbocycles. The van der Waals surface area contributed by atoms with Crippen molar-refractivity contribution in [3.8, 4) is 0 Å². The molecule has 2 aliphatic rings. The molecule has 0 spiro atoms. The van der Waals surface area contributed by atoms with Gasteiger partial charge in [0.05, 0.1) is 4.92 Å². The van der Waals surface area contributed by atoms with Gasteiger partial charge in [0, 0.05) is 17.5 Å². The van der Waals surface area contributed by atoms with Crippen LogP contribution in [0, 0.1) is 21.4 Å². The lowest BCUT2D eigenvalue weighted by molar-refractivity contribution is -0.385. The van der Waals surface area contributed by atoms with Crippen molar-refractivity contribution in [2.45, 2.75) is 32.6 Å². The third-order valence-corrected chi connectivity index (χ3v) is 4.68. The number of hydrogen-bond donors (Lipinski definition) is 0. The highest BCUT2D eigenvalue weighted by atomic mass is 16.6. The first-order valence-electron chi connectivity index (χ1n) is 6.40. The van der Waals surface area contributed by atoms with Gasteiger partial charge in [-0.2, -0.15) is 0 Å². The third-order valence-electron chi connectivity index (χ3n) is 4.68. The Bertz CT molecular complexity index is 560. The minimum atomic E-state index is -0.243. The molecule has 0 saturated heterocycles. The number of nitro benzene ring substituents is 1. The Kier molecular flexibility index (Phi) is 2.19. The zero-order chi connectivity index (χ0) is 13.1. The van der Waals surface area contributed by atoms with E-state index >= 15 is 0 Å². The second kappa shape index (κ2) is 3.44. The van der Waals surface area contributed by atoms with Crippen LogP contribution in [0.15, 0.2) is 30.4 Å². The van der Waals surface area contributed by atoms with Crippen LogP contribution in [0.2, 0.25) is 0 Å². The van der Waals surface area contributed by atoms with Gasteiger partial charge in [0.15, 0.2) is 0 Å². The molecule has 0 heterocycles. The Morgan fingerprint density at radius 3 is 2.72 bits per heavy atom. The average Bonchev–Trinajstić information content (AvgIpc) is 2.70. The van der Waals surface area contributed by atoms with Crippen LogP contribution in [0.4, 0.5) is 5.69 Å². The van der Waals surface area contributed by atoms with E-state index in [0.29, 0.717) is 17.5 Å². The summed E-state index contributed by atoms with van der Waals surface area (Å²) in [4.78, 5) is 10.9. The molecule has 3 nitrogen and oxygen atoms in total. The Morgan fingerprint density at radius 2 is 2.11 bits per heavy atom. The average molecular weight is 243 g/mol. The molecule has 18 heavy (non-hydrogen) atoms. The Hall–Kier alpha value is -1.64. The van der Waals surface area contributed by atoms with Gasteiger partial charge >= 0.3 is 0 Å². The molecule has 0 aliphatic heterocycles. The first-order valence-corrected chi connectivity index (χ1v) is 6.40. The van der Waals surface area contributed by atoms with Crippen LogP contribution >= 0.6 is 0 Å². The molecule has 3 unspecified atom stereocenters. The topological polar surface area (TPSA) is 43.1 Å². The molecule has 3 rings (SSSR count). The fourth-order valence-electron chi connectivity index (χ4n) is 3.91. The van der Waals surface area contributed by atoms with Gasteiger partial charge < -0.3 is 0 Å². The van der Waals surface area contributed by atoms with Crippen molar-refractivity contribution in [3.05, 3.63) is 51.6 Å². The van der Waals surface area contributed by atoms with Crippen molar-refractivity contribution in [1.82, 2.24) is 0 Å². The van der Waals surface area contributed by atoms with E-state index in [-0.39, 0.29) is 16.3 Å². The van der Waals surface area contributed by atoms with E-state index in [4.69, 9.17) is 0 Å². The van der Waals surface area contributed by atoms with E-state index in [2.05, 4.69) is 26.0 Å². The van der Waals surface area contributed by atoms with Crippen molar-refractivity contribution in [2.24, 2.45) is 11.3 Å². The van der Waals surface area contributed by atoms with Gasteiger partial charge in [-0.25, -0.2) is 0 Å². The maximum Gasteiger partial charge on any atom is 0.273 e. The Morgan fingerprint density at radius 1 is 1.39 bits per heavy atom. The molecule has 1 fully saturated rings. The number of rotatable bonds is 2. The Balaban J connectivity index is 2.19. The molecule has 0 bridgehead atoms. The molecular formula is C15H17NO2. The number of benzene rings is 1. The number of fused-ring (bicyclic) bond motifs is 3. The van der Waals surface area contributed by atoms with E-state index in [1.54, 1.807) is 6.07 Å². The SMILES string of the molecule is C/C=C\C1c2c(cccc2[N+](=O)[O-])C2C1C2(C)C. The molecule has 1 aromatic rings. The Labute approximate surface area is 107 Å². The van der Waals surface area contributed by atoms with Crippen molar-refractivity contribution in [1.29, 1.82) is 0 Å². The minimum Gasteiger partial charge on any atom is -0.258 e. The van der Waals surface area contributed by atoms with Gasteiger partial charge in [0.2, 0.25) is 0 Å². The van der Waals surface area contributed by atoms with Gasteiger partial charge in [-0.3, -0.25) is 10.1 Å². The van der Waals surface area contributed by atoms with Gasteiger partial charge in [-0.15, -0.1) is 0 Å². The summed E-state index contributed by atoms with van der Waals surface area (Å²) >= 11 is 0. The molecule has 0 amide bonds. The molecule has 0 aromatic heterocycles. The number of nitrogens with zero attached hydrogens (tertiary/aromatic N) is 1. The standard InChI is InChI=1S/C15H17NO2/c1-4-6-9-12-10(14-13(9)15(14,2)3)7-5-8-11(12)16(17)18/h4-9,13-14H,1-3H3/b6-4-. The normalized spacial score (nSPS) is 31.2. The van der Waals surface area contributed by atoms with Crippen LogP contribution < -0.4 is 0 Å². The fraction of sp³-hybridized carbons (Fsp3) is 0.467. The summed E-state index contributed by atoms with van der Waals surface area (Å²) in [6.45, 7) is 6.51. The van der Waals surface area contributed by atoms with Gasteiger partial charge in [-0.1, -0.05) is 38.1 Å². The van der Waals surface area contributed by atoms with Crippen LogP contribution in [-0.4, -0.2) is 4.92 Å². The monoisotopic (exact) mass is 243 g/mol. The summed E-state index contributed by atoms with van der Waals surface area (Å²) in [6, 6.07) is 5.52. The van der Waals surface area contributed by atoms with Gasteiger partial charge in [0.25, 0.3) is 5.69 Å². The highest BCUT2D eigenvalue weighted by molar-refractivity contribution is 5.60. The molecule has 0 N–H and O–H groups in total. The predicted octanol–water partition coefficient (Wildman–Crippen LogP) is 4.01. The van der Waals surface area contributed by atoms with E-state index in [1.807, 2.05) is 19.1 Å². The molecule has 1 saturated carbocycles. The molecule has 0 radical (unpaired) electrons. The van der Waals surface area contributed by atoms with Crippen molar-refractivity contribution >= 4 is 5.69 Å². The predicted molar refractivity (Wildman–Crippen MR) is 70.7 cm³/mol. The minimum absolute atomic E-state index is 0.214. The summed E-state index contributed by atoms with van der Waals surface area (Å²) in [5, 5.41) is 11.2. The first kappa shape index (κ1) is 11.5. The molecule has 3 atom stereocenters. The largest absolute Gasteiger partial charge is 0.273 e. The van der Waals surface area contributed by atoms with Crippen molar-refractivity contribution in [3.63, 3.8) is 0 Å². The lowest BCUT2D eigenvalue weighted by Crippen LogP contribution is -2.08. The summed E-state index contributed by atoms with van der Waals surface area (Å²) in [5.41, 5.74) is 2.72. The summed E-state index contributed by atoms with van der Waals surface area (Å²) in [5.74, 6) is 1.24. The van der Waals surface area contributed by atoms with E-state index in [1.165, 1.54) is 5.56 Å². The zero-order valence-corrected chi connectivity index (χ0v) is 10.9. The summed E-state index contributed by atoms with van der Waals surface area (Å²) < 4.78 is 0. The quantitative estimate of drug-likeness (QED) is 0.447. The van der Waals surface area contributed by atoms with E-state index in [9.17, 15) is 10.1 Å². The van der Waals surface area contributed by atoms with Gasteiger partial charge in [-0.05, 0) is 29.7 Å². The highest BCUT2D eigenvalue weighted by Gasteiger charge is 2.66. The second-order valence-corrected chi connectivity index (χ2v) is 5.91. The number of hydrogen-bond acceptors (Lipinski definition) is 2. The summed E-state index contributed by atoms with van der Waals surface area (Å²) in [6.07, 6.45) is 4.15. The maximum atomic E-state index is 11.2. The van der Waals surface area contributed by atoms with Gasteiger partial charge in [0.1, 0.15) is 0 Å². The number of allylic oxidation sites excluding steroid dienone is 2. The molecular weight excluding hydrogens is 226 g/mol. The van der Waals surface area contributed by atoms with Crippen LogP contribution in [0.1, 0.15) is 43.7 Å². The van der Waals surface area contributed by atoms with Crippen molar-refractivity contribution < 1.29 is 4.92 Å². The number of nitro groups is 1. The summed E-state index contributed by atoms with van der Waals surface area (Å²) in [7, 11) is 0. The fourth-order valence-corrected chi connectivity index (χ4v) is 3.91. The lowest BCUT2D eigenvalue weighted by Gasteiger charge is -2.17. The zero-order valence-electron chi connectivity index (χ0n) is 10.9. The first-order chi connectivity index (χ1) is 8.50. The van der Waals surface area contributed by atoms with Crippen LogP contribution in [-0.2, 0) is 0 Å². The molecule has 3 heteroatoms. The van der Waals surface area contributed by atoms with Crippen LogP contribution in [0.25, 0.3) is 0 Å². The van der Waals surface area contributed by atoms with Crippen LogP contribution in [0.3, 0.4) is 0 Å². The smallest absolute Gasteiger partial charge is 0.258 e. The highest BCUT2D eigenvalue weighted by Crippen LogP contribution is 2.75. The second-order valence-electron chi connectivity index (χ2n) is 5.91. The third kappa shape index (κ3) is 1.25. The molecule has 1 aromatic carbocycles. The lowest BCUT2D eigenvalue weighted by atomic mass is 9.86. The van der Waals surface area contributed by atoms with E-state index in [0.717, 1.165) is 5.56 Å². The maximum absolute atomic E-state index is 11.2. The van der Waals surface area contributed by atoms with Crippen molar-refractivity contribution in [2.75, 3.05) is 0 Å². The van der Waals surface area contributed by atoms with Crippen LogP contribution in [0.5, 0.6) is 0 Å². The molecule has 94 valence electrons. The van der Waals surface area contributed by atoms with E-state index < -0.39 is 0 Å².